The fourth-order valence-electron chi connectivity index (χ4n) is 2.03. The smallest absolute Gasteiger partial charge is 0.166 e. The molecule has 1 saturated heterocycles. The van der Waals surface area contributed by atoms with Crippen molar-refractivity contribution in [3.63, 3.8) is 0 Å². The minimum atomic E-state index is 0.193. The molecule has 0 saturated carbocycles. The molecule has 1 aliphatic rings. The highest BCUT2D eigenvalue weighted by molar-refractivity contribution is 5.99. The van der Waals surface area contributed by atoms with Crippen LogP contribution in [0.25, 0.3) is 0 Å². The Bertz CT molecular complexity index is 307. The number of rotatable bonds is 4. The normalized spacial score (nSPS) is 20.2. The Morgan fingerprint density at radius 3 is 2.50 bits per heavy atom. The third-order valence-corrected chi connectivity index (χ3v) is 3.02. The monoisotopic (exact) mass is 219 g/mol. The lowest BCUT2D eigenvalue weighted by atomic mass is 9.88. The summed E-state index contributed by atoms with van der Waals surface area (Å²) in [5.41, 5.74) is 0.784. The Balaban J connectivity index is 2.68. The SMILES string of the molecule is C=C/C=C(\C=C/C)C(=O)C1CCN(C)CC1. The van der Waals surface area contributed by atoms with Gasteiger partial charge in [0.2, 0.25) is 0 Å². The van der Waals surface area contributed by atoms with Crippen molar-refractivity contribution in [2.45, 2.75) is 19.8 Å². The van der Waals surface area contributed by atoms with Gasteiger partial charge in [0.05, 0.1) is 0 Å². The van der Waals surface area contributed by atoms with E-state index in [4.69, 9.17) is 0 Å². The Labute approximate surface area is 98.3 Å². The second kappa shape index (κ2) is 6.44. The van der Waals surface area contributed by atoms with E-state index < -0.39 is 0 Å². The zero-order chi connectivity index (χ0) is 12.0. The van der Waals surface area contributed by atoms with Gasteiger partial charge in [0.15, 0.2) is 5.78 Å². The number of hydrogen-bond acceptors (Lipinski definition) is 2. The van der Waals surface area contributed by atoms with Gasteiger partial charge in [-0.05, 0) is 39.9 Å². The molecule has 0 radical (unpaired) electrons. The number of ketones is 1. The summed E-state index contributed by atoms with van der Waals surface area (Å²) in [6, 6.07) is 0. The number of carbonyl (C=O) groups excluding carboxylic acids is 1. The van der Waals surface area contributed by atoms with Gasteiger partial charge in [-0.15, -0.1) is 0 Å². The molecule has 1 rings (SSSR count). The van der Waals surface area contributed by atoms with Gasteiger partial charge in [-0.25, -0.2) is 0 Å². The van der Waals surface area contributed by atoms with Crippen LogP contribution in [0.15, 0.2) is 36.5 Å². The molecule has 0 amide bonds. The number of nitrogens with zero attached hydrogens (tertiary/aromatic N) is 1. The molecule has 0 bridgehead atoms. The molecular formula is C14H21NO. The van der Waals surface area contributed by atoms with Gasteiger partial charge in [0.25, 0.3) is 0 Å². The van der Waals surface area contributed by atoms with Crippen molar-refractivity contribution in [2.24, 2.45) is 5.92 Å². The number of likely N-dealkylation sites (tertiary alicyclic amines) is 1. The van der Waals surface area contributed by atoms with Crippen molar-refractivity contribution >= 4 is 5.78 Å². The van der Waals surface area contributed by atoms with Crippen LogP contribution in [0.2, 0.25) is 0 Å². The van der Waals surface area contributed by atoms with Gasteiger partial charge in [-0.1, -0.05) is 30.9 Å². The van der Waals surface area contributed by atoms with Crippen LogP contribution in [0.1, 0.15) is 19.8 Å². The molecule has 2 nitrogen and oxygen atoms in total. The van der Waals surface area contributed by atoms with Gasteiger partial charge >= 0.3 is 0 Å². The summed E-state index contributed by atoms with van der Waals surface area (Å²) < 4.78 is 0. The van der Waals surface area contributed by atoms with E-state index in [0.717, 1.165) is 31.5 Å². The first-order valence-corrected chi connectivity index (χ1v) is 5.87. The molecule has 0 aromatic heterocycles. The molecule has 1 heterocycles. The van der Waals surface area contributed by atoms with Crippen LogP contribution in [0.3, 0.4) is 0 Å². The van der Waals surface area contributed by atoms with Crippen LogP contribution in [0, 0.1) is 5.92 Å². The lowest BCUT2D eigenvalue weighted by Gasteiger charge is -2.28. The summed E-state index contributed by atoms with van der Waals surface area (Å²) in [5.74, 6) is 0.463. The minimum absolute atomic E-state index is 0.193. The summed E-state index contributed by atoms with van der Waals surface area (Å²) in [6.07, 6.45) is 9.22. The van der Waals surface area contributed by atoms with Crippen LogP contribution in [0.5, 0.6) is 0 Å². The molecule has 16 heavy (non-hydrogen) atoms. The van der Waals surface area contributed by atoms with Crippen molar-refractivity contribution in [1.29, 1.82) is 0 Å². The maximum absolute atomic E-state index is 12.2. The van der Waals surface area contributed by atoms with Crippen molar-refractivity contribution in [3.05, 3.63) is 36.5 Å². The quantitative estimate of drug-likeness (QED) is 0.535. The third kappa shape index (κ3) is 3.46. The van der Waals surface area contributed by atoms with E-state index in [9.17, 15) is 4.79 Å². The topological polar surface area (TPSA) is 20.3 Å². The lowest BCUT2D eigenvalue weighted by molar-refractivity contribution is -0.120. The molecule has 0 aromatic rings. The first-order valence-electron chi connectivity index (χ1n) is 5.87. The van der Waals surface area contributed by atoms with Crippen LogP contribution in [-0.4, -0.2) is 30.8 Å². The third-order valence-electron chi connectivity index (χ3n) is 3.02. The highest BCUT2D eigenvalue weighted by Crippen LogP contribution is 2.21. The summed E-state index contributed by atoms with van der Waals surface area (Å²) in [5, 5.41) is 0. The van der Waals surface area contributed by atoms with Crippen molar-refractivity contribution in [1.82, 2.24) is 4.90 Å². The van der Waals surface area contributed by atoms with Gasteiger partial charge in [0.1, 0.15) is 0 Å². The molecule has 1 aliphatic heterocycles. The summed E-state index contributed by atoms with van der Waals surface area (Å²) in [6.45, 7) is 7.62. The number of piperidine rings is 1. The van der Waals surface area contributed by atoms with E-state index in [0.29, 0.717) is 0 Å². The first kappa shape index (κ1) is 12.9. The van der Waals surface area contributed by atoms with Crippen LogP contribution < -0.4 is 0 Å². The van der Waals surface area contributed by atoms with E-state index in [-0.39, 0.29) is 11.7 Å². The molecule has 0 atom stereocenters. The number of hydrogen-bond donors (Lipinski definition) is 0. The summed E-state index contributed by atoms with van der Waals surface area (Å²) in [7, 11) is 2.10. The molecule has 2 heteroatoms. The van der Waals surface area contributed by atoms with Crippen molar-refractivity contribution in [3.8, 4) is 0 Å². The average molecular weight is 219 g/mol. The molecule has 0 N–H and O–H groups in total. The highest BCUT2D eigenvalue weighted by atomic mass is 16.1. The van der Waals surface area contributed by atoms with E-state index in [1.807, 2.05) is 19.1 Å². The lowest BCUT2D eigenvalue weighted by Crippen LogP contribution is -2.33. The maximum atomic E-state index is 12.2. The van der Waals surface area contributed by atoms with Gasteiger partial charge in [-0.2, -0.15) is 0 Å². The fraction of sp³-hybridized carbons (Fsp3) is 0.500. The number of allylic oxidation sites excluding steroid dienone is 5. The van der Waals surface area contributed by atoms with E-state index >= 15 is 0 Å². The summed E-state index contributed by atoms with van der Waals surface area (Å²) >= 11 is 0. The van der Waals surface area contributed by atoms with Gasteiger partial charge in [-0.3, -0.25) is 4.79 Å². The fourth-order valence-corrected chi connectivity index (χ4v) is 2.03. The molecular weight excluding hydrogens is 198 g/mol. The van der Waals surface area contributed by atoms with Gasteiger partial charge < -0.3 is 4.90 Å². The summed E-state index contributed by atoms with van der Waals surface area (Å²) in [4.78, 5) is 14.5. The molecule has 0 unspecified atom stereocenters. The number of carbonyl (C=O) groups is 1. The van der Waals surface area contributed by atoms with Gasteiger partial charge in [0, 0.05) is 11.5 Å². The van der Waals surface area contributed by atoms with Crippen LogP contribution >= 0.6 is 0 Å². The largest absolute Gasteiger partial charge is 0.306 e. The predicted octanol–water partition coefficient (Wildman–Crippen LogP) is 2.59. The maximum Gasteiger partial charge on any atom is 0.166 e. The zero-order valence-electron chi connectivity index (χ0n) is 10.3. The molecule has 0 aliphatic carbocycles. The Morgan fingerprint density at radius 1 is 1.38 bits per heavy atom. The molecule has 0 spiro atoms. The van der Waals surface area contributed by atoms with E-state index in [2.05, 4.69) is 18.5 Å². The predicted molar refractivity (Wildman–Crippen MR) is 68.3 cm³/mol. The first-order chi connectivity index (χ1) is 7.69. The van der Waals surface area contributed by atoms with Crippen molar-refractivity contribution in [2.75, 3.05) is 20.1 Å². The van der Waals surface area contributed by atoms with E-state index in [1.165, 1.54) is 0 Å². The minimum Gasteiger partial charge on any atom is -0.306 e. The zero-order valence-corrected chi connectivity index (χ0v) is 10.3. The average Bonchev–Trinajstić information content (AvgIpc) is 2.29. The molecule has 0 aromatic carbocycles. The molecule has 1 fully saturated rings. The Hall–Kier alpha value is -1.15. The second-order valence-electron chi connectivity index (χ2n) is 4.30. The van der Waals surface area contributed by atoms with Crippen molar-refractivity contribution < 1.29 is 4.79 Å². The van der Waals surface area contributed by atoms with Crippen LogP contribution in [0.4, 0.5) is 0 Å². The molecule has 88 valence electrons. The highest BCUT2D eigenvalue weighted by Gasteiger charge is 2.24. The number of Topliss-reactive ketones (excluding diaryl/α,β-unsaturated/α-hetero) is 1. The standard InChI is InChI=1S/C14H21NO/c1-4-6-12(7-5-2)14(16)13-8-10-15(3)11-9-13/h4-7,13H,1,8-11H2,2-3H3/b7-5-,12-6+. The second-order valence-corrected chi connectivity index (χ2v) is 4.30. The van der Waals surface area contributed by atoms with Crippen LogP contribution in [-0.2, 0) is 4.79 Å². The Morgan fingerprint density at radius 2 is 2.00 bits per heavy atom. The Kier molecular flexibility index (Phi) is 5.20. The van der Waals surface area contributed by atoms with E-state index in [1.54, 1.807) is 12.2 Å².